The summed E-state index contributed by atoms with van der Waals surface area (Å²) in [6.07, 6.45) is 0.662. The Morgan fingerprint density at radius 1 is 1.53 bits per heavy atom. The van der Waals surface area contributed by atoms with E-state index in [0.717, 1.165) is 0 Å². The number of pyridine rings is 1. The lowest BCUT2D eigenvalue weighted by Gasteiger charge is -2.23. The molecule has 0 aliphatic heterocycles. The molecule has 0 saturated carbocycles. The van der Waals surface area contributed by atoms with Gasteiger partial charge in [0.2, 0.25) is 0 Å². The van der Waals surface area contributed by atoms with Crippen molar-refractivity contribution in [3.63, 3.8) is 0 Å². The lowest BCUT2D eigenvalue weighted by Crippen LogP contribution is -2.42. The molecule has 0 aromatic carbocycles. The van der Waals surface area contributed by atoms with Gasteiger partial charge >= 0.3 is 5.97 Å². The zero-order chi connectivity index (χ0) is 14.5. The van der Waals surface area contributed by atoms with E-state index in [1.165, 1.54) is 12.3 Å². The summed E-state index contributed by atoms with van der Waals surface area (Å²) in [6.45, 7) is 6.35. The molecule has 0 aliphatic rings. The van der Waals surface area contributed by atoms with Gasteiger partial charge in [-0.25, -0.2) is 9.78 Å². The normalized spacial score (nSPS) is 13.1. The van der Waals surface area contributed by atoms with Crippen LogP contribution in [-0.2, 0) is 0 Å². The summed E-state index contributed by atoms with van der Waals surface area (Å²) in [4.78, 5) is 14.6. The highest BCUT2D eigenvalue weighted by atomic mass is 16.5. The molecule has 1 rings (SSSR count). The molecule has 0 radical (unpaired) electrons. The number of ether oxygens (including phenoxy) is 1. The summed E-state index contributed by atoms with van der Waals surface area (Å²) in [5.41, 5.74) is -0.250. The zero-order valence-electron chi connectivity index (χ0n) is 11.4. The highest BCUT2D eigenvalue weighted by molar-refractivity contribution is 5.88. The Bertz CT molecular complexity index is 429. The maximum absolute atomic E-state index is 10.9. The first kappa shape index (κ1) is 15.4. The Morgan fingerprint density at radius 3 is 2.79 bits per heavy atom. The van der Waals surface area contributed by atoms with Gasteiger partial charge in [-0.15, -0.1) is 0 Å². The van der Waals surface area contributed by atoms with Crippen molar-refractivity contribution < 1.29 is 19.7 Å². The number of aliphatic hydroxyl groups is 1. The molecule has 0 amide bonds. The molecule has 0 bridgehead atoms. The standard InChI is InChI=1S/C13H20N2O4/c1-13(2,3)15-7-9(16)8-19-10-5-4-6-14-11(10)12(17)18/h4-6,9,15-16H,7-8H2,1-3H3,(H,17,18). The second-order valence-corrected chi connectivity index (χ2v) is 5.25. The van der Waals surface area contributed by atoms with Crippen molar-refractivity contribution in [3.05, 3.63) is 24.0 Å². The molecule has 0 spiro atoms. The number of carboxylic acid groups (broad SMARTS) is 1. The molecule has 3 N–H and O–H groups in total. The SMILES string of the molecule is CC(C)(C)NCC(O)COc1cccnc1C(=O)O. The molecule has 6 nitrogen and oxygen atoms in total. The molecule has 106 valence electrons. The predicted octanol–water partition coefficient (Wildman–Crippen LogP) is 0.908. The van der Waals surface area contributed by atoms with E-state index in [9.17, 15) is 9.90 Å². The average molecular weight is 268 g/mol. The molecule has 1 aromatic heterocycles. The van der Waals surface area contributed by atoms with Gasteiger partial charge in [0.05, 0.1) is 0 Å². The van der Waals surface area contributed by atoms with Gasteiger partial charge in [-0.1, -0.05) is 0 Å². The molecule has 1 heterocycles. The van der Waals surface area contributed by atoms with Crippen molar-refractivity contribution >= 4 is 5.97 Å². The molecular weight excluding hydrogens is 248 g/mol. The minimum Gasteiger partial charge on any atom is -0.488 e. The lowest BCUT2D eigenvalue weighted by atomic mass is 10.1. The number of β-amino-alcohol motifs (C(OH)–C–C–N with tert-alkyl or cyclic N) is 1. The molecule has 0 fully saturated rings. The minimum atomic E-state index is -1.15. The minimum absolute atomic E-state index is 0.00898. The van der Waals surface area contributed by atoms with Gasteiger partial charge < -0.3 is 20.3 Å². The van der Waals surface area contributed by atoms with Crippen molar-refractivity contribution in [2.45, 2.75) is 32.4 Å². The molecule has 1 unspecified atom stereocenters. The van der Waals surface area contributed by atoms with Crippen molar-refractivity contribution in [2.75, 3.05) is 13.2 Å². The molecule has 6 heteroatoms. The van der Waals surface area contributed by atoms with E-state index in [-0.39, 0.29) is 23.6 Å². The number of aromatic carboxylic acids is 1. The average Bonchev–Trinajstić information content (AvgIpc) is 2.33. The molecule has 0 saturated heterocycles. The van der Waals surface area contributed by atoms with E-state index >= 15 is 0 Å². The van der Waals surface area contributed by atoms with Gasteiger partial charge in [0.15, 0.2) is 11.4 Å². The second kappa shape index (κ2) is 6.49. The van der Waals surface area contributed by atoms with Crippen LogP contribution in [-0.4, -0.2) is 46.0 Å². The van der Waals surface area contributed by atoms with Crippen molar-refractivity contribution in [2.24, 2.45) is 0 Å². The molecule has 0 aliphatic carbocycles. The molecule has 1 aromatic rings. The van der Waals surface area contributed by atoms with Crippen molar-refractivity contribution in [3.8, 4) is 5.75 Å². The Balaban J connectivity index is 2.51. The van der Waals surface area contributed by atoms with Crippen LogP contribution in [0.5, 0.6) is 5.75 Å². The maximum atomic E-state index is 10.9. The first-order valence-corrected chi connectivity index (χ1v) is 6.04. The Labute approximate surface area is 112 Å². The number of nitrogens with one attached hydrogen (secondary N) is 1. The van der Waals surface area contributed by atoms with Crippen LogP contribution in [0.3, 0.4) is 0 Å². The summed E-state index contributed by atoms with van der Waals surface area (Å²) in [6, 6.07) is 3.10. The Kier molecular flexibility index (Phi) is 5.26. The highest BCUT2D eigenvalue weighted by Crippen LogP contribution is 2.15. The van der Waals surface area contributed by atoms with E-state index in [2.05, 4.69) is 10.3 Å². The summed E-state index contributed by atoms with van der Waals surface area (Å²) in [5, 5.41) is 21.8. The van der Waals surface area contributed by atoms with Crippen molar-refractivity contribution in [1.29, 1.82) is 0 Å². The number of carbonyl (C=O) groups is 1. The number of rotatable bonds is 6. The number of carboxylic acids is 1. The Hall–Kier alpha value is -1.66. The van der Waals surface area contributed by atoms with E-state index in [1.54, 1.807) is 6.07 Å². The highest BCUT2D eigenvalue weighted by Gasteiger charge is 2.15. The van der Waals surface area contributed by atoms with E-state index < -0.39 is 12.1 Å². The third-order valence-electron chi connectivity index (χ3n) is 2.27. The summed E-state index contributed by atoms with van der Waals surface area (Å²) < 4.78 is 5.29. The topological polar surface area (TPSA) is 91.7 Å². The fourth-order valence-electron chi connectivity index (χ4n) is 1.34. The smallest absolute Gasteiger partial charge is 0.358 e. The summed E-state index contributed by atoms with van der Waals surface area (Å²) in [7, 11) is 0. The fourth-order valence-corrected chi connectivity index (χ4v) is 1.34. The van der Waals surface area contributed by atoms with Crippen LogP contribution in [0.4, 0.5) is 0 Å². The van der Waals surface area contributed by atoms with E-state index in [0.29, 0.717) is 6.54 Å². The quantitative estimate of drug-likeness (QED) is 0.710. The zero-order valence-corrected chi connectivity index (χ0v) is 11.4. The van der Waals surface area contributed by atoms with Crippen LogP contribution in [0.25, 0.3) is 0 Å². The third kappa shape index (κ3) is 5.67. The fraction of sp³-hybridized carbons (Fsp3) is 0.538. The van der Waals surface area contributed by atoms with Crippen LogP contribution < -0.4 is 10.1 Å². The van der Waals surface area contributed by atoms with E-state index in [1.807, 2.05) is 20.8 Å². The van der Waals surface area contributed by atoms with Crippen molar-refractivity contribution in [1.82, 2.24) is 10.3 Å². The number of hydrogen-bond acceptors (Lipinski definition) is 5. The monoisotopic (exact) mass is 268 g/mol. The second-order valence-electron chi connectivity index (χ2n) is 5.25. The first-order valence-electron chi connectivity index (χ1n) is 6.04. The van der Waals surface area contributed by atoms with Gasteiger partial charge in [-0.05, 0) is 32.9 Å². The van der Waals surface area contributed by atoms with Crippen LogP contribution in [0.2, 0.25) is 0 Å². The van der Waals surface area contributed by atoms with Gasteiger partial charge in [0, 0.05) is 18.3 Å². The first-order chi connectivity index (χ1) is 8.79. The molecule has 1 atom stereocenters. The number of aliphatic hydroxyl groups excluding tert-OH is 1. The number of nitrogens with zero attached hydrogens (tertiary/aromatic N) is 1. The maximum Gasteiger partial charge on any atom is 0.358 e. The number of hydrogen-bond donors (Lipinski definition) is 3. The van der Waals surface area contributed by atoms with Gasteiger partial charge in [0.25, 0.3) is 0 Å². The van der Waals surface area contributed by atoms with Crippen LogP contribution in [0.1, 0.15) is 31.3 Å². The van der Waals surface area contributed by atoms with Crippen LogP contribution >= 0.6 is 0 Å². The largest absolute Gasteiger partial charge is 0.488 e. The van der Waals surface area contributed by atoms with Crippen LogP contribution in [0.15, 0.2) is 18.3 Å². The van der Waals surface area contributed by atoms with Gasteiger partial charge in [0.1, 0.15) is 12.7 Å². The van der Waals surface area contributed by atoms with Gasteiger partial charge in [-0.2, -0.15) is 0 Å². The lowest BCUT2D eigenvalue weighted by molar-refractivity contribution is 0.0674. The molecular formula is C13H20N2O4. The third-order valence-corrected chi connectivity index (χ3v) is 2.27. The molecule has 19 heavy (non-hydrogen) atoms. The summed E-state index contributed by atoms with van der Waals surface area (Å²) in [5.74, 6) is -0.997. The number of aromatic nitrogens is 1. The predicted molar refractivity (Wildman–Crippen MR) is 70.5 cm³/mol. The van der Waals surface area contributed by atoms with Crippen LogP contribution in [0, 0.1) is 0 Å². The van der Waals surface area contributed by atoms with E-state index in [4.69, 9.17) is 9.84 Å². The summed E-state index contributed by atoms with van der Waals surface area (Å²) >= 11 is 0. The van der Waals surface area contributed by atoms with Gasteiger partial charge in [-0.3, -0.25) is 0 Å². The Morgan fingerprint density at radius 2 is 2.21 bits per heavy atom.